The van der Waals surface area contributed by atoms with Crippen molar-refractivity contribution in [3.8, 4) is 17.2 Å². The van der Waals surface area contributed by atoms with Gasteiger partial charge in [-0.15, -0.1) is 0 Å². The number of hydrogen-bond acceptors (Lipinski definition) is 5. The minimum Gasteiger partial charge on any atom is -0.493 e. The van der Waals surface area contributed by atoms with Crippen LogP contribution in [0.25, 0.3) is 0 Å². The minimum absolute atomic E-state index is 0.000188. The molecule has 0 spiro atoms. The summed E-state index contributed by atoms with van der Waals surface area (Å²) < 4.78 is 15.8. The third kappa shape index (κ3) is 4.61. The minimum atomic E-state index is -0.302. The molecule has 0 aliphatic heterocycles. The van der Waals surface area contributed by atoms with Crippen molar-refractivity contribution < 1.29 is 19.0 Å². The van der Waals surface area contributed by atoms with Crippen LogP contribution in [0.4, 0.5) is 11.4 Å². The second-order valence-electron chi connectivity index (χ2n) is 4.91. The van der Waals surface area contributed by atoms with Crippen molar-refractivity contribution in [3.05, 3.63) is 40.4 Å². The highest BCUT2D eigenvalue weighted by molar-refractivity contribution is 6.39. The zero-order chi connectivity index (χ0) is 18.4. The van der Waals surface area contributed by atoms with Crippen LogP contribution < -0.4 is 24.8 Å². The monoisotopic (exact) mass is 384 g/mol. The van der Waals surface area contributed by atoms with Crippen molar-refractivity contribution in [1.29, 1.82) is 0 Å². The maximum Gasteiger partial charge on any atom is 0.243 e. The molecular formula is C17H18Cl2N2O4. The van der Waals surface area contributed by atoms with Gasteiger partial charge in [0.25, 0.3) is 0 Å². The van der Waals surface area contributed by atoms with Crippen molar-refractivity contribution in [3.63, 3.8) is 0 Å². The second kappa shape index (κ2) is 8.69. The number of para-hydroxylation sites is 1. The molecule has 0 unspecified atom stereocenters. The Morgan fingerprint density at radius 3 is 2.04 bits per heavy atom. The molecule has 0 atom stereocenters. The summed E-state index contributed by atoms with van der Waals surface area (Å²) in [6.07, 6.45) is 0. The quantitative estimate of drug-likeness (QED) is 0.752. The fourth-order valence-corrected chi connectivity index (χ4v) is 2.66. The van der Waals surface area contributed by atoms with Crippen LogP contribution in [0.3, 0.4) is 0 Å². The Kier molecular flexibility index (Phi) is 6.61. The van der Waals surface area contributed by atoms with Crippen LogP contribution in [0.1, 0.15) is 0 Å². The van der Waals surface area contributed by atoms with Crippen LogP contribution in [0.5, 0.6) is 17.2 Å². The van der Waals surface area contributed by atoms with Gasteiger partial charge in [0.05, 0.1) is 43.6 Å². The molecule has 2 N–H and O–H groups in total. The summed E-state index contributed by atoms with van der Waals surface area (Å²) in [7, 11) is 4.56. The van der Waals surface area contributed by atoms with Crippen LogP contribution >= 0.6 is 23.2 Å². The van der Waals surface area contributed by atoms with E-state index >= 15 is 0 Å². The normalized spacial score (nSPS) is 10.1. The lowest BCUT2D eigenvalue weighted by atomic mass is 10.2. The molecule has 2 rings (SSSR count). The topological polar surface area (TPSA) is 68.8 Å². The lowest BCUT2D eigenvalue weighted by Crippen LogP contribution is -2.22. The van der Waals surface area contributed by atoms with E-state index < -0.39 is 0 Å². The van der Waals surface area contributed by atoms with E-state index in [9.17, 15) is 4.79 Å². The van der Waals surface area contributed by atoms with Gasteiger partial charge >= 0.3 is 0 Å². The standard InChI is InChI=1S/C17H18Cl2N2O4/c1-23-13-7-10(8-14(24-2)17(13)25-3)20-9-15(22)21-16-11(18)5-4-6-12(16)19/h4-8,20H,9H2,1-3H3,(H,21,22). The molecule has 0 heterocycles. The lowest BCUT2D eigenvalue weighted by molar-refractivity contribution is -0.114. The Balaban J connectivity index is 2.09. The number of rotatable bonds is 7. The molecule has 2 aromatic carbocycles. The van der Waals surface area contributed by atoms with E-state index in [0.717, 1.165) is 0 Å². The molecule has 6 nitrogen and oxygen atoms in total. The number of halogens is 2. The maximum atomic E-state index is 12.1. The lowest BCUT2D eigenvalue weighted by Gasteiger charge is -2.15. The van der Waals surface area contributed by atoms with E-state index in [4.69, 9.17) is 37.4 Å². The molecule has 0 bridgehead atoms. The smallest absolute Gasteiger partial charge is 0.243 e. The van der Waals surface area contributed by atoms with Gasteiger partial charge in [-0.05, 0) is 12.1 Å². The number of carbonyl (C=O) groups is 1. The van der Waals surface area contributed by atoms with Crippen LogP contribution in [-0.2, 0) is 4.79 Å². The van der Waals surface area contributed by atoms with Gasteiger partial charge in [-0.2, -0.15) is 0 Å². The Morgan fingerprint density at radius 1 is 1.00 bits per heavy atom. The number of amides is 1. The van der Waals surface area contributed by atoms with E-state index in [1.54, 1.807) is 30.3 Å². The molecule has 1 amide bonds. The summed E-state index contributed by atoms with van der Waals surface area (Å²) in [5.41, 5.74) is 1.01. The van der Waals surface area contributed by atoms with Gasteiger partial charge in [0.1, 0.15) is 0 Å². The summed E-state index contributed by atoms with van der Waals surface area (Å²) in [6, 6.07) is 8.41. The van der Waals surface area contributed by atoms with Crippen molar-refractivity contribution >= 4 is 40.5 Å². The van der Waals surface area contributed by atoms with Gasteiger partial charge < -0.3 is 24.8 Å². The summed E-state index contributed by atoms with van der Waals surface area (Å²) in [5, 5.41) is 6.40. The first-order valence-electron chi connectivity index (χ1n) is 7.28. The number of nitrogens with one attached hydrogen (secondary N) is 2. The van der Waals surface area contributed by atoms with Gasteiger partial charge in [0.15, 0.2) is 11.5 Å². The van der Waals surface area contributed by atoms with E-state index in [2.05, 4.69) is 10.6 Å². The Labute approximate surface area is 156 Å². The molecule has 25 heavy (non-hydrogen) atoms. The van der Waals surface area contributed by atoms with Crippen molar-refractivity contribution in [1.82, 2.24) is 0 Å². The highest BCUT2D eigenvalue weighted by Crippen LogP contribution is 2.39. The Bertz CT molecular complexity index is 723. The molecule has 0 aromatic heterocycles. The van der Waals surface area contributed by atoms with Gasteiger partial charge in [-0.1, -0.05) is 29.3 Å². The van der Waals surface area contributed by atoms with E-state index in [1.165, 1.54) is 21.3 Å². The zero-order valence-electron chi connectivity index (χ0n) is 14.0. The molecule has 0 aliphatic carbocycles. The first kappa shape index (κ1) is 19.0. The van der Waals surface area contributed by atoms with E-state index in [0.29, 0.717) is 38.7 Å². The molecule has 0 aliphatic rings. The number of ether oxygens (including phenoxy) is 3. The molecule has 8 heteroatoms. The van der Waals surface area contributed by atoms with Crippen molar-refractivity contribution in [2.45, 2.75) is 0 Å². The summed E-state index contributed by atoms with van der Waals surface area (Å²) in [6.45, 7) is 0.000188. The fraction of sp³-hybridized carbons (Fsp3) is 0.235. The van der Waals surface area contributed by atoms with Gasteiger partial charge in [0.2, 0.25) is 11.7 Å². The maximum absolute atomic E-state index is 12.1. The average Bonchev–Trinajstić information content (AvgIpc) is 2.62. The van der Waals surface area contributed by atoms with Crippen molar-refractivity contribution in [2.75, 3.05) is 38.5 Å². The molecule has 2 aromatic rings. The van der Waals surface area contributed by atoms with Gasteiger partial charge in [0, 0.05) is 17.8 Å². The number of anilines is 2. The van der Waals surface area contributed by atoms with E-state index in [-0.39, 0.29) is 12.5 Å². The SMILES string of the molecule is COc1cc(NCC(=O)Nc2c(Cl)cccc2Cl)cc(OC)c1OC. The Hall–Kier alpha value is -2.31. The number of carbonyl (C=O) groups excluding carboxylic acids is 1. The van der Waals surface area contributed by atoms with Crippen molar-refractivity contribution in [2.24, 2.45) is 0 Å². The summed E-state index contributed by atoms with van der Waals surface area (Å²) in [4.78, 5) is 12.1. The number of benzene rings is 2. The molecular weight excluding hydrogens is 367 g/mol. The molecule has 134 valence electrons. The first-order chi connectivity index (χ1) is 12.0. The fourth-order valence-electron chi connectivity index (χ4n) is 2.17. The molecule has 0 saturated heterocycles. The summed E-state index contributed by atoms with van der Waals surface area (Å²) in [5.74, 6) is 1.14. The predicted molar refractivity (Wildman–Crippen MR) is 99.7 cm³/mol. The highest BCUT2D eigenvalue weighted by atomic mass is 35.5. The molecule has 0 saturated carbocycles. The third-order valence-electron chi connectivity index (χ3n) is 3.34. The number of methoxy groups -OCH3 is 3. The highest BCUT2D eigenvalue weighted by Gasteiger charge is 2.14. The van der Waals surface area contributed by atoms with Crippen LogP contribution in [-0.4, -0.2) is 33.8 Å². The van der Waals surface area contributed by atoms with Crippen LogP contribution in [0.2, 0.25) is 10.0 Å². The van der Waals surface area contributed by atoms with Gasteiger partial charge in [-0.25, -0.2) is 0 Å². The second-order valence-corrected chi connectivity index (χ2v) is 5.73. The molecule has 0 fully saturated rings. The van der Waals surface area contributed by atoms with Crippen LogP contribution in [0, 0.1) is 0 Å². The Morgan fingerprint density at radius 2 is 1.56 bits per heavy atom. The third-order valence-corrected chi connectivity index (χ3v) is 3.97. The first-order valence-corrected chi connectivity index (χ1v) is 8.03. The number of hydrogen-bond donors (Lipinski definition) is 2. The largest absolute Gasteiger partial charge is 0.493 e. The predicted octanol–water partition coefficient (Wildman–Crippen LogP) is 4.07. The average molecular weight is 385 g/mol. The van der Waals surface area contributed by atoms with Gasteiger partial charge in [-0.3, -0.25) is 4.79 Å². The van der Waals surface area contributed by atoms with E-state index in [1.807, 2.05) is 0 Å². The zero-order valence-corrected chi connectivity index (χ0v) is 15.5. The van der Waals surface area contributed by atoms with Crippen LogP contribution in [0.15, 0.2) is 30.3 Å². The molecule has 0 radical (unpaired) electrons. The summed E-state index contributed by atoms with van der Waals surface area (Å²) >= 11 is 12.1.